The van der Waals surface area contributed by atoms with Crippen LogP contribution in [-0.2, 0) is 0 Å². The number of aryl methyl sites for hydroxylation is 2. The Morgan fingerprint density at radius 1 is 0.432 bits per heavy atom. The summed E-state index contributed by atoms with van der Waals surface area (Å²) < 4.78 is 12.9. The molecule has 44 heavy (non-hydrogen) atoms. The van der Waals surface area contributed by atoms with E-state index in [1.165, 1.54) is 151 Å². The van der Waals surface area contributed by atoms with E-state index in [2.05, 4.69) is 38.1 Å². The number of hydrogen-bond acceptors (Lipinski definition) is 2. The number of methoxy groups -OCH3 is 2. The van der Waals surface area contributed by atoms with Gasteiger partial charge in [0.15, 0.2) is 0 Å². The minimum Gasteiger partial charge on any atom is -0.496 e. The second kappa shape index (κ2) is 15.7. The lowest BCUT2D eigenvalue weighted by atomic mass is 9.98. The van der Waals surface area contributed by atoms with E-state index < -0.39 is 0 Å². The summed E-state index contributed by atoms with van der Waals surface area (Å²) in [6, 6.07) is 9.42. The third kappa shape index (κ3) is 6.93. The second-order valence-corrected chi connectivity index (χ2v) is 20.0. The Kier molecular flexibility index (Phi) is 11.7. The maximum atomic E-state index is 6.45. The smallest absolute Gasteiger partial charge is 0.127 e. The first-order chi connectivity index (χ1) is 21.6. The predicted octanol–water partition coefficient (Wildman–Crippen LogP) is 11.5. The van der Waals surface area contributed by atoms with Crippen LogP contribution in [-0.4, -0.2) is 36.9 Å². The highest BCUT2D eigenvalue weighted by Gasteiger charge is 2.40. The SMILES string of the molecule is COc1ccc(C)c(P(C2CCCCC2)C2CCCCC2)c1-c1c(OC)ccc(C)c1P(C1CCCCC1)C1CCCCC1. The molecular formula is C40H60O2P2. The first kappa shape index (κ1) is 32.8. The number of ether oxygens (including phenoxy) is 2. The van der Waals surface area contributed by atoms with E-state index in [0.717, 1.165) is 34.1 Å². The molecule has 0 radical (unpaired) electrons. The first-order valence-corrected chi connectivity index (χ1v) is 21.5. The van der Waals surface area contributed by atoms with E-state index in [9.17, 15) is 0 Å². The average Bonchev–Trinajstić information content (AvgIpc) is 3.08. The predicted molar refractivity (Wildman–Crippen MR) is 195 cm³/mol. The molecule has 2 aromatic rings. The van der Waals surface area contributed by atoms with Crippen LogP contribution in [0.4, 0.5) is 0 Å². The molecule has 0 unspecified atom stereocenters. The highest BCUT2D eigenvalue weighted by Crippen LogP contribution is 2.61. The Hall–Kier alpha value is -1.10. The fourth-order valence-corrected chi connectivity index (χ4v) is 17.9. The van der Waals surface area contributed by atoms with Crippen LogP contribution in [0.15, 0.2) is 24.3 Å². The van der Waals surface area contributed by atoms with Crippen molar-refractivity contribution < 1.29 is 9.47 Å². The van der Waals surface area contributed by atoms with Gasteiger partial charge < -0.3 is 9.47 Å². The zero-order chi connectivity index (χ0) is 30.5. The van der Waals surface area contributed by atoms with Crippen molar-refractivity contribution in [2.45, 2.75) is 165 Å². The van der Waals surface area contributed by atoms with Crippen LogP contribution in [0.25, 0.3) is 11.1 Å². The molecule has 2 nitrogen and oxygen atoms in total. The zero-order valence-electron chi connectivity index (χ0n) is 28.5. The van der Waals surface area contributed by atoms with Crippen molar-refractivity contribution in [3.05, 3.63) is 35.4 Å². The van der Waals surface area contributed by atoms with Gasteiger partial charge in [0.1, 0.15) is 11.5 Å². The van der Waals surface area contributed by atoms with Gasteiger partial charge in [-0.2, -0.15) is 0 Å². The molecular weight excluding hydrogens is 574 g/mol. The molecule has 0 bridgehead atoms. The maximum absolute atomic E-state index is 6.45. The van der Waals surface area contributed by atoms with Crippen molar-refractivity contribution in [2.75, 3.05) is 14.2 Å². The Bertz CT molecular complexity index is 1080. The maximum Gasteiger partial charge on any atom is 0.127 e. The number of benzene rings is 2. The van der Waals surface area contributed by atoms with E-state index in [1.54, 1.807) is 10.6 Å². The molecule has 4 aliphatic carbocycles. The van der Waals surface area contributed by atoms with Gasteiger partial charge in [0.25, 0.3) is 0 Å². The molecule has 242 valence electrons. The topological polar surface area (TPSA) is 18.5 Å². The van der Waals surface area contributed by atoms with Crippen molar-refractivity contribution >= 4 is 26.5 Å². The molecule has 0 aliphatic heterocycles. The number of hydrogen-bond donors (Lipinski definition) is 0. The largest absolute Gasteiger partial charge is 0.496 e. The molecule has 0 spiro atoms. The molecule has 4 heteroatoms. The van der Waals surface area contributed by atoms with Crippen LogP contribution in [0.3, 0.4) is 0 Å². The van der Waals surface area contributed by atoms with Gasteiger partial charge in [-0.1, -0.05) is 105 Å². The highest BCUT2D eigenvalue weighted by molar-refractivity contribution is 7.68. The van der Waals surface area contributed by atoms with E-state index in [-0.39, 0.29) is 15.8 Å². The molecule has 0 amide bonds. The van der Waals surface area contributed by atoms with Gasteiger partial charge in [-0.15, -0.1) is 0 Å². The van der Waals surface area contributed by atoms with Crippen molar-refractivity contribution in [2.24, 2.45) is 0 Å². The second-order valence-electron chi connectivity index (χ2n) is 14.6. The van der Waals surface area contributed by atoms with Gasteiger partial charge >= 0.3 is 0 Å². The van der Waals surface area contributed by atoms with Crippen molar-refractivity contribution in [3.8, 4) is 22.6 Å². The van der Waals surface area contributed by atoms with Gasteiger partial charge in [0.2, 0.25) is 0 Å². The molecule has 0 heterocycles. The Balaban J connectivity index is 1.60. The molecule has 0 saturated heterocycles. The summed E-state index contributed by atoms with van der Waals surface area (Å²) in [5.74, 6) is 2.19. The van der Waals surface area contributed by atoms with Gasteiger partial charge in [0.05, 0.1) is 14.2 Å². The molecule has 4 saturated carbocycles. The Labute approximate surface area is 272 Å². The van der Waals surface area contributed by atoms with Gasteiger partial charge in [0, 0.05) is 11.1 Å². The molecule has 0 N–H and O–H groups in total. The quantitative estimate of drug-likeness (QED) is 0.256. The molecule has 4 aliphatic rings. The molecule has 6 rings (SSSR count). The highest BCUT2D eigenvalue weighted by atomic mass is 31.1. The summed E-state index contributed by atoms with van der Waals surface area (Å²) in [4.78, 5) is 0. The van der Waals surface area contributed by atoms with Crippen LogP contribution < -0.4 is 20.1 Å². The van der Waals surface area contributed by atoms with Crippen molar-refractivity contribution in [3.63, 3.8) is 0 Å². The lowest BCUT2D eigenvalue weighted by Gasteiger charge is -2.42. The minimum atomic E-state index is -0.295. The van der Waals surface area contributed by atoms with Gasteiger partial charge in [-0.25, -0.2) is 0 Å². The Morgan fingerprint density at radius 2 is 0.705 bits per heavy atom. The fourth-order valence-electron chi connectivity index (χ4n) is 9.61. The third-order valence-electron chi connectivity index (χ3n) is 11.8. The lowest BCUT2D eigenvalue weighted by molar-refractivity contribution is 0.410. The number of rotatable bonds is 9. The summed E-state index contributed by atoms with van der Waals surface area (Å²) in [5, 5.41) is 3.40. The summed E-state index contributed by atoms with van der Waals surface area (Å²) in [5.41, 5.74) is 9.32. The molecule has 4 fully saturated rings. The summed E-state index contributed by atoms with van der Waals surface area (Å²) >= 11 is 0. The van der Waals surface area contributed by atoms with E-state index in [0.29, 0.717) is 0 Å². The van der Waals surface area contributed by atoms with Crippen LogP contribution in [0.5, 0.6) is 11.5 Å². The third-order valence-corrected chi connectivity index (χ3v) is 19.2. The Morgan fingerprint density at radius 3 is 0.955 bits per heavy atom. The van der Waals surface area contributed by atoms with E-state index >= 15 is 0 Å². The summed E-state index contributed by atoms with van der Waals surface area (Å²) in [6.07, 6.45) is 28.5. The zero-order valence-corrected chi connectivity index (χ0v) is 30.3. The minimum absolute atomic E-state index is 0.295. The molecule has 0 aromatic heterocycles. The standard InChI is InChI=1S/C40H60O2P2/c1-29-25-27-35(41-3)37(39(29)43(31-17-9-5-10-18-31)32-19-11-6-12-20-32)38-36(42-4)28-26-30(2)40(38)44(33-21-13-7-14-22-33)34-23-15-8-16-24-34/h25-28,31-34H,5-24H2,1-4H3. The van der Waals surface area contributed by atoms with Crippen LogP contribution in [0.1, 0.15) is 140 Å². The first-order valence-electron chi connectivity index (χ1n) is 18.5. The summed E-state index contributed by atoms with van der Waals surface area (Å²) in [7, 11) is 3.26. The normalized spacial score (nSPS) is 21.7. The average molecular weight is 635 g/mol. The van der Waals surface area contributed by atoms with E-state index in [4.69, 9.17) is 9.47 Å². The molecule has 2 aromatic carbocycles. The summed E-state index contributed by atoms with van der Waals surface area (Å²) in [6.45, 7) is 4.87. The van der Waals surface area contributed by atoms with Crippen LogP contribution in [0.2, 0.25) is 0 Å². The van der Waals surface area contributed by atoms with Crippen LogP contribution in [0, 0.1) is 13.8 Å². The van der Waals surface area contributed by atoms with Crippen LogP contribution >= 0.6 is 15.8 Å². The fraction of sp³-hybridized carbons (Fsp3) is 0.700. The van der Waals surface area contributed by atoms with E-state index in [1.807, 2.05) is 14.2 Å². The van der Waals surface area contributed by atoms with Gasteiger partial charge in [-0.05, 0) is 122 Å². The van der Waals surface area contributed by atoms with Crippen molar-refractivity contribution in [1.29, 1.82) is 0 Å². The molecule has 0 atom stereocenters. The lowest BCUT2D eigenvalue weighted by Crippen LogP contribution is -2.31. The van der Waals surface area contributed by atoms with Crippen molar-refractivity contribution in [1.82, 2.24) is 0 Å². The van der Waals surface area contributed by atoms with Gasteiger partial charge in [-0.3, -0.25) is 0 Å². The monoisotopic (exact) mass is 634 g/mol.